The van der Waals surface area contributed by atoms with Gasteiger partial charge in [-0.2, -0.15) is 5.26 Å². The van der Waals surface area contributed by atoms with Crippen LogP contribution in [0.3, 0.4) is 0 Å². The Balaban J connectivity index is 2.36. The standard InChI is InChI=1S/C10H11ClN4/c1-7-3-2-4-15(7)10-5-8(11)13-9(6-12)14-10/h5,7H,2-4H2,1H3. The average molecular weight is 223 g/mol. The Hall–Kier alpha value is -1.34. The summed E-state index contributed by atoms with van der Waals surface area (Å²) < 4.78 is 0. The molecule has 0 spiro atoms. The Morgan fingerprint density at radius 3 is 3.00 bits per heavy atom. The predicted molar refractivity (Wildman–Crippen MR) is 57.8 cm³/mol. The minimum atomic E-state index is 0.136. The van der Waals surface area contributed by atoms with E-state index in [4.69, 9.17) is 16.9 Å². The molecule has 2 rings (SSSR count). The fraction of sp³-hybridized carbons (Fsp3) is 0.500. The van der Waals surface area contributed by atoms with Crippen molar-refractivity contribution in [1.82, 2.24) is 9.97 Å². The summed E-state index contributed by atoms with van der Waals surface area (Å²) in [6, 6.07) is 4.09. The summed E-state index contributed by atoms with van der Waals surface area (Å²) in [7, 11) is 0. The van der Waals surface area contributed by atoms with Crippen molar-refractivity contribution in [3.63, 3.8) is 0 Å². The molecule has 1 atom stereocenters. The van der Waals surface area contributed by atoms with Crippen molar-refractivity contribution in [2.24, 2.45) is 0 Å². The van der Waals surface area contributed by atoms with Gasteiger partial charge in [-0.25, -0.2) is 9.97 Å². The van der Waals surface area contributed by atoms with Crippen molar-refractivity contribution in [1.29, 1.82) is 5.26 Å². The molecular formula is C10H11ClN4. The van der Waals surface area contributed by atoms with Crippen LogP contribution in [0.25, 0.3) is 0 Å². The third kappa shape index (κ3) is 2.02. The molecule has 15 heavy (non-hydrogen) atoms. The van der Waals surface area contributed by atoms with Crippen LogP contribution in [0.5, 0.6) is 0 Å². The maximum Gasteiger partial charge on any atom is 0.235 e. The van der Waals surface area contributed by atoms with Crippen LogP contribution < -0.4 is 4.90 Å². The van der Waals surface area contributed by atoms with E-state index in [9.17, 15) is 0 Å². The van der Waals surface area contributed by atoms with Crippen molar-refractivity contribution in [2.75, 3.05) is 11.4 Å². The van der Waals surface area contributed by atoms with Crippen LogP contribution in [-0.2, 0) is 0 Å². The molecule has 4 nitrogen and oxygen atoms in total. The Kier molecular flexibility index (Phi) is 2.74. The molecule has 0 saturated carbocycles. The van der Waals surface area contributed by atoms with E-state index >= 15 is 0 Å². The molecule has 0 aliphatic carbocycles. The van der Waals surface area contributed by atoms with E-state index in [-0.39, 0.29) is 5.82 Å². The maximum atomic E-state index is 8.74. The van der Waals surface area contributed by atoms with Gasteiger partial charge in [0.1, 0.15) is 17.0 Å². The second kappa shape index (κ2) is 4.03. The first-order valence-corrected chi connectivity index (χ1v) is 5.30. The third-order valence-electron chi connectivity index (χ3n) is 2.63. The highest BCUT2D eigenvalue weighted by Gasteiger charge is 2.22. The molecule has 1 aromatic rings. The van der Waals surface area contributed by atoms with Gasteiger partial charge in [0.25, 0.3) is 0 Å². The van der Waals surface area contributed by atoms with Crippen LogP contribution in [0, 0.1) is 11.3 Å². The lowest BCUT2D eigenvalue weighted by Gasteiger charge is -2.22. The van der Waals surface area contributed by atoms with Crippen LogP contribution in [0.2, 0.25) is 5.15 Å². The molecule has 1 saturated heterocycles. The molecule has 5 heteroatoms. The summed E-state index contributed by atoms with van der Waals surface area (Å²) >= 11 is 5.83. The van der Waals surface area contributed by atoms with E-state index in [1.54, 1.807) is 6.07 Å². The molecule has 0 aromatic carbocycles. The highest BCUT2D eigenvalue weighted by atomic mass is 35.5. The zero-order chi connectivity index (χ0) is 10.8. The molecule has 1 unspecified atom stereocenters. The molecular weight excluding hydrogens is 212 g/mol. The summed E-state index contributed by atoms with van der Waals surface area (Å²) in [5.74, 6) is 0.896. The number of nitriles is 1. The predicted octanol–water partition coefficient (Wildman–Crippen LogP) is 1.99. The number of anilines is 1. The first kappa shape index (κ1) is 10.2. The number of nitrogens with zero attached hydrogens (tertiary/aromatic N) is 4. The fourth-order valence-corrected chi connectivity index (χ4v) is 2.05. The molecule has 0 N–H and O–H groups in total. The second-order valence-electron chi connectivity index (χ2n) is 3.67. The van der Waals surface area contributed by atoms with Crippen molar-refractivity contribution < 1.29 is 0 Å². The first-order valence-electron chi connectivity index (χ1n) is 4.92. The van der Waals surface area contributed by atoms with Gasteiger partial charge in [0.2, 0.25) is 5.82 Å². The molecule has 2 heterocycles. The van der Waals surface area contributed by atoms with Gasteiger partial charge in [0.05, 0.1) is 0 Å². The summed E-state index contributed by atoms with van der Waals surface area (Å²) in [5, 5.41) is 9.07. The first-order chi connectivity index (χ1) is 7.20. The van der Waals surface area contributed by atoms with Crippen LogP contribution >= 0.6 is 11.6 Å². The number of rotatable bonds is 1. The zero-order valence-electron chi connectivity index (χ0n) is 8.44. The molecule has 78 valence electrons. The molecule has 0 bridgehead atoms. The Morgan fingerprint density at radius 2 is 2.40 bits per heavy atom. The normalized spacial score (nSPS) is 20.3. The fourth-order valence-electron chi connectivity index (χ4n) is 1.88. The number of aromatic nitrogens is 2. The summed E-state index contributed by atoms with van der Waals surface area (Å²) in [6.45, 7) is 3.12. The molecule has 0 radical (unpaired) electrons. The number of hydrogen-bond donors (Lipinski definition) is 0. The molecule has 1 aliphatic heterocycles. The van der Waals surface area contributed by atoms with Crippen LogP contribution in [0.4, 0.5) is 5.82 Å². The topological polar surface area (TPSA) is 52.8 Å². The van der Waals surface area contributed by atoms with Gasteiger partial charge in [-0.1, -0.05) is 11.6 Å². The van der Waals surface area contributed by atoms with E-state index < -0.39 is 0 Å². The van der Waals surface area contributed by atoms with E-state index in [0.717, 1.165) is 25.2 Å². The minimum Gasteiger partial charge on any atom is -0.354 e. The van der Waals surface area contributed by atoms with E-state index in [0.29, 0.717) is 11.2 Å². The van der Waals surface area contributed by atoms with Crippen molar-refractivity contribution in [3.05, 3.63) is 17.0 Å². The van der Waals surface area contributed by atoms with Gasteiger partial charge in [0, 0.05) is 18.7 Å². The van der Waals surface area contributed by atoms with Gasteiger partial charge in [-0.15, -0.1) is 0 Å². The van der Waals surface area contributed by atoms with Gasteiger partial charge in [-0.05, 0) is 19.8 Å². The van der Waals surface area contributed by atoms with E-state index in [1.807, 2.05) is 6.07 Å². The molecule has 1 aromatic heterocycles. The SMILES string of the molecule is CC1CCCN1c1cc(Cl)nc(C#N)n1. The number of halogens is 1. The summed E-state index contributed by atoms with van der Waals surface area (Å²) in [4.78, 5) is 10.1. The third-order valence-corrected chi connectivity index (χ3v) is 2.82. The molecule has 0 amide bonds. The highest BCUT2D eigenvalue weighted by molar-refractivity contribution is 6.29. The largest absolute Gasteiger partial charge is 0.354 e. The highest BCUT2D eigenvalue weighted by Crippen LogP contribution is 2.24. The average Bonchev–Trinajstić information content (AvgIpc) is 2.63. The van der Waals surface area contributed by atoms with E-state index in [2.05, 4.69) is 21.8 Å². The summed E-state index contributed by atoms with van der Waals surface area (Å²) in [6.07, 6.45) is 2.31. The van der Waals surface area contributed by atoms with Crippen molar-refractivity contribution in [2.45, 2.75) is 25.8 Å². The zero-order valence-corrected chi connectivity index (χ0v) is 9.20. The quantitative estimate of drug-likeness (QED) is 0.682. The minimum absolute atomic E-state index is 0.136. The van der Waals surface area contributed by atoms with Crippen LogP contribution in [0.15, 0.2) is 6.07 Å². The lowest BCUT2D eigenvalue weighted by molar-refractivity contribution is 0.725. The summed E-state index contributed by atoms with van der Waals surface area (Å²) in [5.41, 5.74) is 0. The Bertz CT molecular complexity index is 412. The van der Waals surface area contributed by atoms with Gasteiger partial charge in [0.15, 0.2) is 0 Å². The Morgan fingerprint density at radius 1 is 1.60 bits per heavy atom. The molecule has 1 fully saturated rings. The van der Waals surface area contributed by atoms with Gasteiger partial charge in [-0.3, -0.25) is 0 Å². The van der Waals surface area contributed by atoms with Crippen LogP contribution in [0.1, 0.15) is 25.6 Å². The lowest BCUT2D eigenvalue weighted by Crippen LogP contribution is -2.27. The van der Waals surface area contributed by atoms with Crippen molar-refractivity contribution in [3.8, 4) is 6.07 Å². The maximum absolute atomic E-state index is 8.74. The Labute approximate surface area is 93.5 Å². The monoisotopic (exact) mass is 222 g/mol. The van der Waals surface area contributed by atoms with Gasteiger partial charge < -0.3 is 4.90 Å². The molecule has 1 aliphatic rings. The van der Waals surface area contributed by atoms with Crippen molar-refractivity contribution >= 4 is 17.4 Å². The van der Waals surface area contributed by atoms with Gasteiger partial charge >= 0.3 is 0 Å². The smallest absolute Gasteiger partial charge is 0.235 e. The second-order valence-corrected chi connectivity index (χ2v) is 4.06. The van der Waals surface area contributed by atoms with E-state index in [1.165, 1.54) is 0 Å². The lowest BCUT2D eigenvalue weighted by atomic mass is 10.2. The van der Waals surface area contributed by atoms with Crippen LogP contribution in [-0.4, -0.2) is 22.6 Å². The number of hydrogen-bond acceptors (Lipinski definition) is 4.